The molecule has 0 unspecified atom stereocenters. The maximum atomic E-state index is 11.2. The monoisotopic (exact) mass is 340 g/mol. The smallest absolute Gasteiger partial charge is 0.349 e. The Kier molecular flexibility index (Phi) is 7.07. The Bertz CT molecular complexity index is 757. The van der Waals surface area contributed by atoms with Crippen LogP contribution in [0.3, 0.4) is 0 Å². The van der Waals surface area contributed by atoms with Gasteiger partial charge in [0.1, 0.15) is 11.3 Å². The molecule has 0 aliphatic rings. The fraction of sp³-hybridized carbons (Fsp3) is 0.214. The topological polar surface area (TPSA) is 222 Å². The summed E-state index contributed by atoms with van der Waals surface area (Å²) < 4.78 is 0. The molecule has 0 aliphatic carbocycles. The number of benzene rings is 1. The Balaban J connectivity index is 0.00000264. The molecule has 1 heterocycles. The van der Waals surface area contributed by atoms with E-state index < -0.39 is 36.1 Å². The van der Waals surface area contributed by atoms with Gasteiger partial charge < -0.3 is 47.8 Å². The minimum absolute atomic E-state index is 0. The molecule has 0 aliphatic heterocycles. The number of carbonyl (C=O) groups is 2. The third-order valence-electron chi connectivity index (χ3n) is 3.35. The molecular weight excluding hydrogens is 320 g/mol. The Morgan fingerprint density at radius 2 is 1.88 bits per heavy atom. The van der Waals surface area contributed by atoms with Crippen LogP contribution >= 0.6 is 0 Å². The summed E-state index contributed by atoms with van der Waals surface area (Å²) in [6, 6.07) is 7.00. The zero-order chi connectivity index (χ0) is 16.3. The number of fused-ring (bicyclic) bond motifs is 1. The van der Waals surface area contributed by atoms with Gasteiger partial charge in [0.25, 0.3) is 0 Å². The van der Waals surface area contributed by atoms with Gasteiger partial charge in [-0.1, -0.05) is 18.2 Å². The molecule has 0 radical (unpaired) electrons. The highest BCUT2D eigenvalue weighted by molar-refractivity contribution is 6.36. The number of aromatic nitrogens is 1. The average Bonchev–Trinajstić information content (AvgIpc) is 2.87. The first-order valence-corrected chi connectivity index (χ1v) is 6.28. The van der Waals surface area contributed by atoms with Gasteiger partial charge in [-0.3, -0.25) is 0 Å². The summed E-state index contributed by atoms with van der Waals surface area (Å²) in [4.78, 5) is 24.9. The minimum Gasteiger partial charge on any atom is -0.792 e. The summed E-state index contributed by atoms with van der Waals surface area (Å²) in [6.45, 7) is 0. The molecule has 0 amide bonds. The highest BCUT2D eigenvalue weighted by Gasteiger charge is 2.33. The molecule has 0 spiro atoms. The van der Waals surface area contributed by atoms with E-state index in [1.165, 1.54) is 6.20 Å². The van der Waals surface area contributed by atoms with E-state index in [-0.39, 0.29) is 12.3 Å². The summed E-state index contributed by atoms with van der Waals surface area (Å²) in [5.74, 6) is -3.56. The lowest BCUT2D eigenvalue weighted by Gasteiger charge is -2.29. The first-order valence-electron chi connectivity index (χ1n) is 6.28. The van der Waals surface area contributed by atoms with Gasteiger partial charge in [-0.25, -0.2) is 4.79 Å². The molecule has 11 N–H and O–H groups in total. The van der Waals surface area contributed by atoms with Crippen LogP contribution in [0, 0.1) is 5.21 Å². The zero-order valence-corrected chi connectivity index (χ0v) is 13.3. The van der Waals surface area contributed by atoms with Gasteiger partial charge in [-0.05, 0) is 11.6 Å². The van der Waals surface area contributed by atoms with Crippen LogP contribution in [-0.2, 0) is 16.0 Å². The molecule has 0 saturated heterocycles. The van der Waals surface area contributed by atoms with E-state index in [0.29, 0.717) is 10.9 Å². The van der Waals surface area contributed by atoms with Crippen LogP contribution in [0.4, 0.5) is 0 Å². The molecule has 10 heteroatoms. The van der Waals surface area contributed by atoms with Crippen LogP contribution in [0.2, 0.25) is 0 Å². The summed E-state index contributed by atoms with van der Waals surface area (Å²) in [6.07, 6.45) is 0.132. The van der Waals surface area contributed by atoms with E-state index >= 15 is 0 Å². The number of carboxylic acids is 2. The quantitative estimate of drug-likeness (QED) is 0.368. The molecule has 1 aromatic carbocycles. The normalized spacial score (nSPS) is 13.5. The molecular formula is C14H20N4O6. The summed E-state index contributed by atoms with van der Waals surface area (Å²) in [5.41, 5.74) is -2.34. The fourth-order valence-electron chi connectivity index (χ4n) is 2.22. The standard InChI is InChI=1S/C14H14N2O6.2H3N/c17-12(18)11(16-22)6-14(21,13(19)20)5-8-7-15-10-4-2-1-3-9(8)10;;/h1-4,7,15,21-22H,5-6H2,(H,17,18)(H,19,20);2*1H3/t14-;;/m0../s1. The van der Waals surface area contributed by atoms with E-state index in [0.717, 1.165) is 5.52 Å². The van der Waals surface area contributed by atoms with Crippen molar-refractivity contribution in [1.29, 1.82) is 0 Å². The van der Waals surface area contributed by atoms with Crippen molar-refractivity contribution >= 4 is 28.6 Å². The summed E-state index contributed by atoms with van der Waals surface area (Å²) in [7, 11) is 0. The number of para-hydroxylation sites is 1. The molecule has 132 valence electrons. The molecule has 2 aromatic rings. The predicted molar refractivity (Wildman–Crippen MR) is 87.0 cm³/mol. The molecule has 1 atom stereocenters. The minimum atomic E-state index is -2.55. The Labute approximate surface area is 136 Å². The maximum Gasteiger partial charge on any atom is 0.349 e. The first-order chi connectivity index (χ1) is 10.4. The van der Waals surface area contributed by atoms with Crippen molar-refractivity contribution in [3.8, 4) is 0 Å². The molecule has 0 fully saturated rings. The highest BCUT2D eigenvalue weighted by Crippen LogP contribution is 2.24. The molecule has 10 nitrogen and oxygen atoms in total. The van der Waals surface area contributed by atoms with Crippen LogP contribution < -0.4 is 17.4 Å². The number of H-pyrrole nitrogens is 1. The highest BCUT2D eigenvalue weighted by atomic mass is 16.4. The van der Waals surface area contributed by atoms with Gasteiger partial charge in [-0.2, -0.15) is 0 Å². The number of rotatable bonds is 6. The third kappa shape index (κ3) is 4.07. The average molecular weight is 340 g/mol. The van der Waals surface area contributed by atoms with Gasteiger partial charge in [0.05, 0.1) is 5.97 Å². The summed E-state index contributed by atoms with van der Waals surface area (Å²) in [5, 5.41) is 43.6. The summed E-state index contributed by atoms with van der Waals surface area (Å²) >= 11 is 0. The van der Waals surface area contributed by atoms with Crippen molar-refractivity contribution < 1.29 is 24.9 Å². The van der Waals surface area contributed by atoms with Crippen molar-refractivity contribution in [3.05, 3.63) is 41.2 Å². The van der Waals surface area contributed by atoms with Gasteiger partial charge in [-0.15, -0.1) is 0 Å². The second-order valence-electron chi connectivity index (χ2n) is 4.88. The van der Waals surface area contributed by atoms with Crippen molar-refractivity contribution in [2.45, 2.75) is 18.4 Å². The van der Waals surface area contributed by atoms with Gasteiger partial charge >= 0.3 is 5.97 Å². The molecule has 0 bridgehead atoms. The van der Waals surface area contributed by atoms with Crippen LogP contribution in [0.15, 0.2) is 35.6 Å². The van der Waals surface area contributed by atoms with Gasteiger partial charge in [0, 0.05) is 29.9 Å². The third-order valence-corrected chi connectivity index (χ3v) is 3.35. The number of aromatic amines is 1. The van der Waals surface area contributed by atoms with Crippen molar-refractivity contribution in [2.75, 3.05) is 0 Å². The van der Waals surface area contributed by atoms with E-state index in [1.54, 1.807) is 24.3 Å². The number of aliphatic hydroxyl groups is 1. The van der Waals surface area contributed by atoms with Crippen LogP contribution in [0.5, 0.6) is 0 Å². The Morgan fingerprint density at radius 3 is 2.42 bits per heavy atom. The van der Waals surface area contributed by atoms with E-state index in [2.05, 4.69) is 10.1 Å². The predicted octanol–water partition coefficient (Wildman–Crippen LogP) is 0.357. The van der Waals surface area contributed by atoms with E-state index in [4.69, 9.17) is 5.11 Å². The molecule has 2 rings (SSSR count). The second kappa shape index (κ2) is 8.06. The van der Waals surface area contributed by atoms with Crippen molar-refractivity contribution in [2.24, 2.45) is 5.16 Å². The van der Waals surface area contributed by atoms with Crippen molar-refractivity contribution in [3.63, 3.8) is 0 Å². The SMILES string of the molecule is O=C(O)C(C[C@@](O)(Cc1c[nH]c2ccccc12)C(=O)[O-])=N[O-].[NH4+].[NH4+]. The number of carbonyl (C=O) groups excluding carboxylic acids is 1. The van der Waals surface area contributed by atoms with Gasteiger partial charge in [0.15, 0.2) is 0 Å². The largest absolute Gasteiger partial charge is 0.792 e. The molecule has 1 aromatic heterocycles. The lowest BCUT2D eigenvalue weighted by molar-refractivity contribution is -0.324. The number of nitrogens with one attached hydrogen (secondary N) is 1. The number of aliphatic carboxylic acids is 2. The number of quaternary nitrogens is 2. The lowest BCUT2D eigenvalue weighted by atomic mass is 9.89. The van der Waals surface area contributed by atoms with Gasteiger partial charge in [0.2, 0.25) is 0 Å². The zero-order valence-electron chi connectivity index (χ0n) is 13.3. The van der Waals surface area contributed by atoms with E-state index in [9.17, 15) is 25.0 Å². The van der Waals surface area contributed by atoms with Crippen molar-refractivity contribution in [1.82, 2.24) is 17.3 Å². The molecule has 24 heavy (non-hydrogen) atoms. The van der Waals surface area contributed by atoms with Crippen LogP contribution in [-0.4, -0.2) is 38.4 Å². The van der Waals surface area contributed by atoms with Crippen LogP contribution in [0.1, 0.15) is 12.0 Å². The number of nitrogens with zero attached hydrogens (tertiary/aromatic N) is 1. The number of hydrogen-bond donors (Lipinski definition) is 5. The Morgan fingerprint density at radius 1 is 1.25 bits per heavy atom. The number of hydrogen-bond acceptors (Lipinski definition) is 6. The van der Waals surface area contributed by atoms with Crippen LogP contribution in [0.25, 0.3) is 10.9 Å². The molecule has 0 saturated carbocycles. The lowest BCUT2D eigenvalue weighted by Crippen LogP contribution is -2.51. The first kappa shape index (κ1) is 21.0. The number of carboxylic acid groups (broad SMARTS) is 2. The maximum absolute atomic E-state index is 11.2. The Hall–Kier alpha value is -2.95. The fourth-order valence-corrected chi connectivity index (χ4v) is 2.22. The second-order valence-corrected chi connectivity index (χ2v) is 4.88. The van der Waals surface area contributed by atoms with E-state index in [1.807, 2.05) is 0 Å².